The molecule has 1 saturated heterocycles. The highest BCUT2D eigenvalue weighted by Gasteiger charge is 2.29. The molecule has 0 spiro atoms. The lowest BCUT2D eigenvalue weighted by molar-refractivity contribution is 0.00430. The highest BCUT2D eigenvalue weighted by molar-refractivity contribution is 5.88. The summed E-state index contributed by atoms with van der Waals surface area (Å²) in [5.74, 6) is -0.324. The summed E-state index contributed by atoms with van der Waals surface area (Å²) in [4.78, 5) is 24.5. The fraction of sp³-hybridized carbons (Fsp3) is 0.571. The van der Waals surface area contributed by atoms with Crippen LogP contribution in [0.15, 0.2) is 10.5 Å². The highest BCUT2D eigenvalue weighted by atomic mass is 16.4. The molecule has 1 fully saturated rings. The number of hydrogen-bond donors (Lipinski definition) is 3. The summed E-state index contributed by atoms with van der Waals surface area (Å²) in [6.45, 7) is 4.47. The van der Waals surface area contributed by atoms with Crippen molar-refractivity contribution in [2.45, 2.75) is 38.8 Å². The first kappa shape index (κ1) is 15.4. The van der Waals surface area contributed by atoms with Crippen LogP contribution in [-0.2, 0) is 6.54 Å². The van der Waals surface area contributed by atoms with Crippen LogP contribution in [0.2, 0.25) is 0 Å². The van der Waals surface area contributed by atoms with Crippen molar-refractivity contribution in [3.05, 3.63) is 23.2 Å². The Morgan fingerprint density at radius 2 is 2.05 bits per heavy atom. The molecule has 21 heavy (non-hydrogen) atoms. The predicted octanol–water partition coefficient (Wildman–Crippen LogP) is 1.34. The molecule has 1 aromatic heterocycles. The number of urea groups is 1. The van der Waals surface area contributed by atoms with E-state index in [9.17, 15) is 14.7 Å². The van der Waals surface area contributed by atoms with Gasteiger partial charge in [-0.3, -0.25) is 0 Å². The van der Waals surface area contributed by atoms with E-state index in [-0.39, 0.29) is 18.1 Å². The lowest BCUT2D eigenvalue weighted by Crippen LogP contribution is -2.48. The van der Waals surface area contributed by atoms with Gasteiger partial charge in [0.25, 0.3) is 0 Å². The summed E-state index contributed by atoms with van der Waals surface area (Å²) >= 11 is 0. The maximum Gasteiger partial charge on any atom is 0.339 e. The van der Waals surface area contributed by atoms with Crippen molar-refractivity contribution in [3.8, 4) is 0 Å². The van der Waals surface area contributed by atoms with E-state index in [1.165, 1.54) is 6.07 Å². The Kier molecular flexibility index (Phi) is 4.22. The maximum atomic E-state index is 12.0. The predicted molar refractivity (Wildman–Crippen MR) is 74.1 cm³/mol. The number of carboxylic acids is 1. The molecular formula is C14H20N2O5. The summed E-state index contributed by atoms with van der Waals surface area (Å²) in [5, 5.41) is 21.5. The molecule has 2 heterocycles. The number of aromatic carboxylic acids is 1. The topological polar surface area (TPSA) is 103 Å². The number of amides is 2. The summed E-state index contributed by atoms with van der Waals surface area (Å²) in [6, 6.07) is 1.18. The average molecular weight is 296 g/mol. The molecular weight excluding hydrogens is 276 g/mol. The van der Waals surface area contributed by atoms with Gasteiger partial charge in [-0.1, -0.05) is 0 Å². The van der Waals surface area contributed by atoms with Crippen molar-refractivity contribution in [1.82, 2.24) is 10.2 Å². The zero-order chi connectivity index (χ0) is 15.6. The number of aliphatic hydroxyl groups is 1. The normalized spacial score (nSPS) is 17.6. The van der Waals surface area contributed by atoms with Crippen LogP contribution < -0.4 is 5.32 Å². The fourth-order valence-electron chi connectivity index (χ4n) is 2.31. The Balaban J connectivity index is 1.87. The van der Waals surface area contributed by atoms with E-state index in [0.29, 0.717) is 37.5 Å². The van der Waals surface area contributed by atoms with E-state index in [0.717, 1.165) is 0 Å². The number of rotatable bonds is 3. The molecule has 2 rings (SSSR count). The Labute approximate surface area is 122 Å². The Morgan fingerprint density at radius 1 is 1.43 bits per heavy atom. The molecule has 7 heteroatoms. The number of carboxylic acid groups (broad SMARTS) is 1. The lowest BCUT2D eigenvalue weighted by atomic mass is 9.94. The molecule has 2 amide bonds. The minimum absolute atomic E-state index is 0.105. The lowest BCUT2D eigenvalue weighted by Gasteiger charge is -2.35. The van der Waals surface area contributed by atoms with Gasteiger partial charge in [-0.15, -0.1) is 0 Å². The van der Waals surface area contributed by atoms with Crippen LogP contribution in [0.5, 0.6) is 0 Å². The molecule has 1 aliphatic rings. The van der Waals surface area contributed by atoms with Crippen LogP contribution >= 0.6 is 0 Å². The van der Waals surface area contributed by atoms with Crippen molar-refractivity contribution < 1.29 is 24.2 Å². The average Bonchev–Trinajstić information content (AvgIpc) is 2.77. The van der Waals surface area contributed by atoms with E-state index < -0.39 is 11.6 Å². The van der Waals surface area contributed by atoms with Gasteiger partial charge in [0.05, 0.1) is 12.1 Å². The van der Waals surface area contributed by atoms with E-state index in [1.807, 2.05) is 0 Å². The Morgan fingerprint density at radius 3 is 2.57 bits per heavy atom. The fourth-order valence-corrected chi connectivity index (χ4v) is 2.31. The number of carbonyl (C=O) groups is 2. The molecule has 0 aromatic carbocycles. The van der Waals surface area contributed by atoms with E-state index >= 15 is 0 Å². The van der Waals surface area contributed by atoms with Crippen LogP contribution in [0, 0.1) is 6.92 Å². The molecule has 1 aliphatic heterocycles. The molecule has 0 aliphatic carbocycles. The van der Waals surface area contributed by atoms with Gasteiger partial charge in [0, 0.05) is 13.1 Å². The van der Waals surface area contributed by atoms with Gasteiger partial charge < -0.3 is 24.8 Å². The van der Waals surface area contributed by atoms with Crippen molar-refractivity contribution in [3.63, 3.8) is 0 Å². The van der Waals surface area contributed by atoms with E-state index in [1.54, 1.807) is 18.7 Å². The van der Waals surface area contributed by atoms with E-state index in [2.05, 4.69) is 5.32 Å². The molecule has 0 saturated carbocycles. The molecule has 1 aromatic rings. The Hall–Kier alpha value is -2.02. The summed E-state index contributed by atoms with van der Waals surface area (Å²) in [6.07, 6.45) is 1.09. The summed E-state index contributed by atoms with van der Waals surface area (Å²) < 4.78 is 5.29. The monoisotopic (exact) mass is 296 g/mol. The van der Waals surface area contributed by atoms with E-state index in [4.69, 9.17) is 9.52 Å². The number of nitrogens with one attached hydrogen (secondary N) is 1. The zero-order valence-electron chi connectivity index (χ0n) is 12.2. The summed E-state index contributed by atoms with van der Waals surface area (Å²) in [7, 11) is 0. The van der Waals surface area contributed by atoms with Gasteiger partial charge in [-0.2, -0.15) is 0 Å². The summed E-state index contributed by atoms with van der Waals surface area (Å²) in [5.41, 5.74) is -0.598. The quantitative estimate of drug-likeness (QED) is 0.781. The standard InChI is InChI=1S/C14H20N2O5/c1-9-11(12(17)18)7-10(21-9)8-15-13(19)16-5-3-14(2,20)4-6-16/h7,20H,3-6,8H2,1-2H3,(H,15,19)(H,17,18). The molecule has 116 valence electrons. The molecule has 7 nitrogen and oxygen atoms in total. The van der Waals surface area contributed by atoms with Crippen LogP contribution in [0.3, 0.4) is 0 Å². The van der Waals surface area contributed by atoms with Crippen molar-refractivity contribution in [2.75, 3.05) is 13.1 Å². The van der Waals surface area contributed by atoms with Gasteiger partial charge in [0.2, 0.25) is 0 Å². The van der Waals surface area contributed by atoms with Gasteiger partial charge in [-0.05, 0) is 32.8 Å². The smallest absolute Gasteiger partial charge is 0.339 e. The van der Waals surface area contributed by atoms with Gasteiger partial charge in [-0.25, -0.2) is 9.59 Å². The SMILES string of the molecule is Cc1oc(CNC(=O)N2CCC(C)(O)CC2)cc1C(=O)O. The first-order valence-corrected chi connectivity index (χ1v) is 6.86. The minimum atomic E-state index is -1.05. The second kappa shape index (κ2) is 5.77. The molecule has 0 unspecified atom stereocenters. The highest BCUT2D eigenvalue weighted by Crippen LogP contribution is 2.21. The van der Waals surface area contributed by atoms with Gasteiger partial charge in [0.1, 0.15) is 17.1 Å². The third kappa shape index (κ3) is 3.75. The number of carbonyl (C=O) groups excluding carboxylic acids is 1. The van der Waals surface area contributed by atoms with Crippen molar-refractivity contribution in [1.29, 1.82) is 0 Å². The van der Waals surface area contributed by atoms with Gasteiger partial charge in [0.15, 0.2) is 0 Å². The zero-order valence-corrected chi connectivity index (χ0v) is 12.2. The van der Waals surface area contributed by atoms with Crippen LogP contribution in [0.1, 0.15) is 41.6 Å². The Bertz CT molecular complexity index is 540. The third-order valence-corrected chi connectivity index (χ3v) is 3.74. The number of furan rings is 1. The second-order valence-corrected chi connectivity index (χ2v) is 5.63. The number of aryl methyl sites for hydroxylation is 1. The number of piperidine rings is 1. The first-order chi connectivity index (χ1) is 9.78. The van der Waals surface area contributed by atoms with Crippen LogP contribution in [-0.4, -0.2) is 45.8 Å². The number of hydrogen-bond acceptors (Lipinski definition) is 4. The number of nitrogens with zero attached hydrogens (tertiary/aromatic N) is 1. The first-order valence-electron chi connectivity index (χ1n) is 6.86. The van der Waals surface area contributed by atoms with Crippen molar-refractivity contribution in [2.24, 2.45) is 0 Å². The minimum Gasteiger partial charge on any atom is -0.478 e. The van der Waals surface area contributed by atoms with Crippen LogP contribution in [0.25, 0.3) is 0 Å². The third-order valence-electron chi connectivity index (χ3n) is 3.74. The molecule has 3 N–H and O–H groups in total. The molecule has 0 radical (unpaired) electrons. The molecule has 0 atom stereocenters. The maximum absolute atomic E-state index is 12.0. The largest absolute Gasteiger partial charge is 0.478 e. The van der Waals surface area contributed by atoms with Crippen LogP contribution in [0.4, 0.5) is 4.79 Å². The van der Waals surface area contributed by atoms with Gasteiger partial charge >= 0.3 is 12.0 Å². The second-order valence-electron chi connectivity index (χ2n) is 5.63. The molecule has 0 bridgehead atoms. The van der Waals surface area contributed by atoms with Crippen molar-refractivity contribution >= 4 is 12.0 Å². The number of likely N-dealkylation sites (tertiary alicyclic amines) is 1.